The lowest BCUT2D eigenvalue weighted by molar-refractivity contribution is -0.102. The fourth-order valence-corrected chi connectivity index (χ4v) is 5.60. The summed E-state index contributed by atoms with van der Waals surface area (Å²) in [4.78, 5) is 8.93. The summed E-state index contributed by atoms with van der Waals surface area (Å²) < 4.78 is 48.2. The van der Waals surface area contributed by atoms with Gasteiger partial charge in [0.2, 0.25) is 0 Å². The first-order valence-electron chi connectivity index (χ1n) is 12.9. The molecule has 9 nitrogen and oxygen atoms in total. The summed E-state index contributed by atoms with van der Waals surface area (Å²) in [6.45, 7) is 3.02. The Bertz CT molecular complexity index is 1540. The molecule has 1 saturated heterocycles. The molecule has 2 aromatic heterocycles. The lowest BCUT2D eigenvalue weighted by Crippen LogP contribution is -2.25. The first kappa shape index (κ1) is 26.9. The van der Waals surface area contributed by atoms with Gasteiger partial charge in [-0.1, -0.05) is 12.1 Å². The van der Waals surface area contributed by atoms with E-state index in [-0.39, 0.29) is 4.90 Å². The molecule has 39 heavy (non-hydrogen) atoms. The van der Waals surface area contributed by atoms with Crippen molar-refractivity contribution in [2.24, 2.45) is 0 Å². The van der Waals surface area contributed by atoms with Gasteiger partial charge in [-0.2, -0.15) is 8.42 Å². The molecule has 2 aromatic carbocycles. The molecule has 1 unspecified atom stereocenters. The van der Waals surface area contributed by atoms with Gasteiger partial charge in [-0.05, 0) is 74.7 Å². The maximum Gasteiger partial charge on any atom is 0.299 e. The third kappa shape index (κ3) is 6.65. The first-order chi connectivity index (χ1) is 18.9. The molecule has 1 fully saturated rings. The Kier molecular flexibility index (Phi) is 8.25. The average Bonchev–Trinajstić information content (AvgIpc) is 2.94. The van der Waals surface area contributed by atoms with Crippen molar-refractivity contribution >= 4 is 26.8 Å². The maximum atomic E-state index is 12.8. The van der Waals surface area contributed by atoms with E-state index in [1.165, 1.54) is 6.07 Å². The molecule has 0 radical (unpaired) electrons. The predicted molar refractivity (Wildman–Crippen MR) is 148 cm³/mol. The van der Waals surface area contributed by atoms with E-state index in [1.54, 1.807) is 31.3 Å². The largest absolute Gasteiger partial charge is 0.493 e. The Balaban J connectivity index is 1.14. The smallest absolute Gasteiger partial charge is 0.299 e. The Morgan fingerprint density at radius 2 is 1.90 bits per heavy atom. The lowest BCUT2D eigenvalue weighted by Gasteiger charge is -2.22. The number of hydrogen-bond acceptors (Lipinski definition) is 9. The number of anilines is 1. The van der Waals surface area contributed by atoms with Crippen LogP contribution in [0.25, 0.3) is 22.2 Å². The number of benzene rings is 2. The van der Waals surface area contributed by atoms with Crippen LogP contribution in [0.2, 0.25) is 0 Å². The van der Waals surface area contributed by atoms with Crippen molar-refractivity contribution in [3.63, 3.8) is 0 Å². The van der Waals surface area contributed by atoms with Crippen molar-refractivity contribution in [2.45, 2.75) is 43.8 Å². The zero-order valence-electron chi connectivity index (χ0n) is 21.7. The van der Waals surface area contributed by atoms with E-state index in [0.29, 0.717) is 49.8 Å². The molecule has 0 bridgehead atoms. The second kappa shape index (κ2) is 12.0. The van der Waals surface area contributed by atoms with Crippen molar-refractivity contribution in [1.29, 1.82) is 0 Å². The molecule has 3 heterocycles. The summed E-state index contributed by atoms with van der Waals surface area (Å²) >= 11 is 0. The number of rotatable bonds is 10. The molecule has 2 N–H and O–H groups in total. The van der Waals surface area contributed by atoms with Crippen LogP contribution in [0.15, 0.2) is 71.8 Å². The van der Waals surface area contributed by atoms with Gasteiger partial charge in [0.25, 0.3) is 10.1 Å². The standard InChI is InChI=1S/C29H31N3O6S/c1-20-26(6-4-7-27(20)39(33,34)38-29-8-2-3-15-37-29)36-17-5-16-35-23-11-13-24-21(18-23)9-12-25(32-24)22-10-14-28(30)31-19-22/h4,6-7,9-14,18-19,29H,2-3,5,8,15-17H2,1H3,(H2,30,31). The van der Waals surface area contributed by atoms with Gasteiger partial charge in [0.1, 0.15) is 22.2 Å². The molecule has 0 spiro atoms. The van der Waals surface area contributed by atoms with Crippen LogP contribution in [-0.2, 0) is 19.0 Å². The highest BCUT2D eigenvalue weighted by Gasteiger charge is 2.26. The maximum absolute atomic E-state index is 12.8. The van der Waals surface area contributed by atoms with E-state index < -0.39 is 16.4 Å². The van der Waals surface area contributed by atoms with Crippen LogP contribution >= 0.6 is 0 Å². The molecule has 0 amide bonds. The minimum absolute atomic E-state index is 0.0889. The Labute approximate surface area is 228 Å². The summed E-state index contributed by atoms with van der Waals surface area (Å²) in [6.07, 6.45) is 3.93. The van der Waals surface area contributed by atoms with E-state index in [2.05, 4.69) is 4.98 Å². The van der Waals surface area contributed by atoms with Gasteiger partial charge in [-0.3, -0.25) is 0 Å². The molecule has 10 heteroatoms. The van der Waals surface area contributed by atoms with Gasteiger partial charge in [0, 0.05) is 35.7 Å². The fourth-order valence-electron chi connectivity index (χ4n) is 4.34. The Morgan fingerprint density at radius 3 is 2.69 bits per heavy atom. The molecule has 204 valence electrons. The molecule has 4 aromatic rings. The zero-order chi connectivity index (χ0) is 27.2. The van der Waals surface area contributed by atoms with Crippen molar-refractivity contribution in [1.82, 2.24) is 9.97 Å². The van der Waals surface area contributed by atoms with Crippen LogP contribution in [0.3, 0.4) is 0 Å². The van der Waals surface area contributed by atoms with Crippen LogP contribution in [0.4, 0.5) is 5.82 Å². The molecular weight excluding hydrogens is 518 g/mol. The third-order valence-corrected chi connectivity index (χ3v) is 7.88. The Morgan fingerprint density at radius 1 is 1.03 bits per heavy atom. The van der Waals surface area contributed by atoms with Gasteiger partial charge >= 0.3 is 0 Å². The first-order valence-corrected chi connectivity index (χ1v) is 14.3. The van der Waals surface area contributed by atoms with Gasteiger partial charge in [-0.15, -0.1) is 0 Å². The van der Waals surface area contributed by atoms with Crippen LogP contribution in [0.1, 0.15) is 31.2 Å². The molecule has 1 atom stereocenters. The van der Waals surface area contributed by atoms with Crippen molar-refractivity contribution in [3.8, 4) is 22.8 Å². The van der Waals surface area contributed by atoms with Gasteiger partial charge < -0.3 is 19.9 Å². The molecule has 0 saturated carbocycles. The normalized spacial score (nSPS) is 15.8. The monoisotopic (exact) mass is 549 g/mol. The molecule has 0 aliphatic carbocycles. The number of fused-ring (bicyclic) bond motifs is 1. The van der Waals surface area contributed by atoms with E-state index in [9.17, 15) is 8.42 Å². The Hall–Kier alpha value is -3.73. The number of hydrogen-bond donors (Lipinski definition) is 1. The van der Waals surface area contributed by atoms with Gasteiger partial charge in [-0.25, -0.2) is 14.2 Å². The molecular formula is C29H31N3O6S. The van der Waals surface area contributed by atoms with Crippen LogP contribution < -0.4 is 15.2 Å². The number of nitrogens with zero attached hydrogens (tertiary/aromatic N) is 2. The summed E-state index contributed by atoms with van der Waals surface area (Å²) in [5, 5.41) is 0.963. The SMILES string of the molecule is Cc1c(OCCCOc2ccc3nc(-c4ccc(N)nc4)ccc3c2)cccc1S(=O)(=O)OC1CCCCO1. The third-order valence-electron chi connectivity index (χ3n) is 6.43. The second-order valence-corrected chi connectivity index (χ2v) is 10.8. The van der Waals surface area contributed by atoms with Crippen LogP contribution in [-0.4, -0.2) is 44.5 Å². The number of aromatic nitrogens is 2. The topological polar surface area (TPSA) is 123 Å². The van der Waals surface area contributed by atoms with E-state index in [4.69, 9.17) is 29.1 Å². The average molecular weight is 550 g/mol. The summed E-state index contributed by atoms with van der Waals surface area (Å²) in [5.41, 5.74) is 8.75. The number of ether oxygens (including phenoxy) is 3. The van der Waals surface area contributed by atoms with Gasteiger partial charge in [0.05, 0.1) is 24.4 Å². The minimum Gasteiger partial charge on any atom is -0.493 e. The van der Waals surface area contributed by atoms with Gasteiger partial charge in [0.15, 0.2) is 6.29 Å². The van der Waals surface area contributed by atoms with E-state index >= 15 is 0 Å². The number of pyridine rings is 2. The van der Waals surface area contributed by atoms with Crippen LogP contribution in [0.5, 0.6) is 11.5 Å². The number of nitrogen functional groups attached to an aromatic ring is 1. The van der Waals surface area contributed by atoms with E-state index in [1.807, 2.05) is 36.4 Å². The lowest BCUT2D eigenvalue weighted by atomic mass is 10.1. The highest BCUT2D eigenvalue weighted by molar-refractivity contribution is 7.86. The van der Waals surface area contributed by atoms with E-state index in [0.717, 1.165) is 40.8 Å². The molecule has 5 rings (SSSR count). The quantitative estimate of drug-likeness (QED) is 0.208. The highest BCUT2D eigenvalue weighted by atomic mass is 32.2. The number of nitrogens with two attached hydrogens (primary N) is 1. The second-order valence-electron chi connectivity index (χ2n) is 9.30. The molecule has 1 aliphatic rings. The minimum atomic E-state index is -3.97. The van der Waals surface area contributed by atoms with Crippen molar-refractivity contribution in [2.75, 3.05) is 25.6 Å². The summed E-state index contributed by atoms with van der Waals surface area (Å²) in [7, 11) is -3.97. The van der Waals surface area contributed by atoms with Crippen molar-refractivity contribution < 1.29 is 26.8 Å². The molecule has 1 aliphatic heterocycles. The van der Waals surface area contributed by atoms with Crippen molar-refractivity contribution in [3.05, 3.63) is 72.4 Å². The zero-order valence-corrected chi connectivity index (χ0v) is 22.5. The highest BCUT2D eigenvalue weighted by Crippen LogP contribution is 2.29. The van der Waals surface area contributed by atoms with Crippen LogP contribution in [0, 0.1) is 6.92 Å². The fraction of sp³-hybridized carbons (Fsp3) is 0.310. The predicted octanol–water partition coefficient (Wildman–Crippen LogP) is 5.27. The summed E-state index contributed by atoms with van der Waals surface area (Å²) in [6, 6.07) is 18.3. The summed E-state index contributed by atoms with van der Waals surface area (Å²) in [5.74, 6) is 1.70.